The smallest absolute Gasteiger partial charge is 0.325 e. The third kappa shape index (κ3) is 13.6. The number of nitrogens with zero attached hydrogens (tertiary/aromatic N) is 1. The van der Waals surface area contributed by atoms with E-state index in [2.05, 4.69) is 97.5 Å². The number of carbonyl (C=O) groups is 2. The van der Waals surface area contributed by atoms with Gasteiger partial charge < -0.3 is 35.1 Å². The first-order valence-corrected chi connectivity index (χ1v) is 23.7. The van der Waals surface area contributed by atoms with Gasteiger partial charge in [-0.25, -0.2) is 14.0 Å². The SMILES string of the molecule is CCCCCCCCNC(=O)NC(=O)N1CCC(Nc2ccc(CCNC[C@H](O)COc3ccc(O[Si](c4ccccc4)(c4ccccc4)C(C)(C)C)c(F)c3)cc2)CC1. The summed E-state index contributed by atoms with van der Waals surface area (Å²) in [4.78, 5) is 26.5. The average molecular weight is 840 g/mol. The maximum Gasteiger partial charge on any atom is 0.325 e. The molecule has 0 bridgehead atoms. The van der Waals surface area contributed by atoms with Crippen molar-refractivity contribution in [1.29, 1.82) is 0 Å². The van der Waals surface area contributed by atoms with Crippen LogP contribution < -0.4 is 40.8 Å². The van der Waals surface area contributed by atoms with E-state index < -0.39 is 26.3 Å². The Morgan fingerprint density at radius 1 is 0.850 bits per heavy atom. The Balaban J connectivity index is 0.990. The summed E-state index contributed by atoms with van der Waals surface area (Å²) in [5.74, 6) is -0.0176. The topological polar surface area (TPSA) is 124 Å². The largest absolute Gasteiger partial charge is 0.532 e. The normalized spacial score (nSPS) is 14.0. The van der Waals surface area contributed by atoms with E-state index in [4.69, 9.17) is 9.16 Å². The summed E-state index contributed by atoms with van der Waals surface area (Å²) in [6.45, 7) is 11.4. The highest BCUT2D eigenvalue weighted by Gasteiger charge is 2.52. The Bertz CT molecular complexity index is 1850. The van der Waals surface area contributed by atoms with E-state index in [-0.39, 0.29) is 29.5 Å². The van der Waals surface area contributed by atoms with Crippen LogP contribution in [-0.2, 0) is 6.42 Å². The van der Waals surface area contributed by atoms with Gasteiger partial charge in [-0.05, 0) is 77.5 Å². The van der Waals surface area contributed by atoms with Crippen molar-refractivity contribution < 1.29 is 28.2 Å². The predicted octanol–water partition coefficient (Wildman–Crippen LogP) is 7.99. The number of anilines is 1. The highest BCUT2D eigenvalue weighted by Crippen LogP contribution is 2.38. The van der Waals surface area contributed by atoms with Crippen molar-refractivity contribution >= 4 is 36.4 Å². The molecule has 0 unspecified atom stereocenters. The second kappa shape index (κ2) is 23.2. The molecule has 0 aromatic heterocycles. The number of unbranched alkanes of at least 4 members (excludes halogenated alkanes) is 5. The van der Waals surface area contributed by atoms with Gasteiger partial charge in [-0.15, -0.1) is 0 Å². The molecule has 12 heteroatoms. The lowest BCUT2D eigenvalue weighted by Gasteiger charge is -2.43. The highest BCUT2D eigenvalue weighted by atomic mass is 28.4. The quantitative estimate of drug-likeness (QED) is 0.0426. The van der Waals surface area contributed by atoms with Crippen molar-refractivity contribution in [2.75, 3.05) is 44.6 Å². The van der Waals surface area contributed by atoms with Crippen molar-refractivity contribution in [1.82, 2.24) is 20.9 Å². The summed E-state index contributed by atoms with van der Waals surface area (Å²) in [5, 5.41) is 24.6. The molecule has 4 amide bonds. The molecule has 5 rings (SSSR count). The zero-order valence-electron chi connectivity index (χ0n) is 36.0. The minimum atomic E-state index is -3.00. The van der Waals surface area contributed by atoms with Crippen LogP contribution in [0.15, 0.2) is 103 Å². The number of halogens is 1. The molecule has 60 heavy (non-hydrogen) atoms. The second-order valence-corrected chi connectivity index (χ2v) is 21.1. The first-order chi connectivity index (χ1) is 29.0. The molecule has 324 valence electrons. The van der Waals surface area contributed by atoms with Crippen LogP contribution in [-0.4, -0.2) is 81.9 Å². The maximum absolute atomic E-state index is 15.7. The minimum Gasteiger partial charge on any atom is -0.532 e. The predicted molar refractivity (Wildman–Crippen MR) is 243 cm³/mol. The Labute approximate surface area is 357 Å². The third-order valence-electron chi connectivity index (χ3n) is 11.1. The summed E-state index contributed by atoms with van der Waals surface area (Å²) in [6.07, 6.45) is 8.47. The highest BCUT2D eigenvalue weighted by molar-refractivity contribution is 7.00. The number of benzene rings is 4. The fourth-order valence-electron chi connectivity index (χ4n) is 7.78. The fourth-order valence-corrected chi connectivity index (χ4v) is 12.2. The van der Waals surface area contributed by atoms with E-state index in [1.165, 1.54) is 31.7 Å². The van der Waals surface area contributed by atoms with Crippen LogP contribution in [0.1, 0.15) is 84.6 Å². The first-order valence-electron chi connectivity index (χ1n) is 21.8. The van der Waals surface area contributed by atoms with E-state index in [0.717, 1.165) is 53.7 Å². The van der Waals surface area contributed by atoms with Gasteiger partial charge >= 0.3 is 20.4 Å². The molecule has 0 aliphatic carbocycles. The number of hydrogen-bond donors (Lipinski definition) is 5. The number of likely N-dealkylation sites (tertiary alicyclic amines) is 1. The van der Waals surface area contributed by atoms with Gasteiger partial charge in [-0.2, -0.15) is 0 Å². The molecule has 1 aliphatic heterocycles. The van der Waals surface area contributed by atoms with Crippen molar-refractivity contribution in [3.8, 4) is 11.5 Å². The van der Waals surface area contributed by atoms with Gasteiger partial charge in [0, 0.05) is 44.0 Å². The van der Waals surface area contributed by atoms with Crippen LogP contribution >= 0.6 is 0 Å². The number of hydrogen-bond acceptors (Lipinski definition) is 7. The van der Waals surface area contributed by atoms with Crippen LogP contribution in [0, 0.1) is 5.82 Å². The lowest BCUT2D eigenvalue weighted by Crippen LogP contribution is -2.68. The van der Waals surface area contributed by atoms with Crippen molar-refractivity contribution in [2.45, 2.75) is 103 Å². The molecular formula is C48H66FN5O5Si. The molecule has 10 nitrogen and oxygen atoms in total. The van der Waals surface area contributed by atoms with Crippen LogP contribution in [0.2, 0.25) is 5.04 Å². The number of urea groups is 2. The first kappa shape index (κ1) is 46.2. The lowest BCUT2D eigenvalue weighted by molar-refractivity contribution is 0.106. The third-order valence-corrected chi connectivity index (χ3v) is 16.1. The number of amides is 4. The summed E-state index contributed by atoms with van der Waals surface area (Å²) < 4.78 is 28.4. The molecule has 1 atom stereocenters. The summed E-state index contributed by atoms with van der Waals surface area (Å²) in [5.41, 5.74) is 2.19. The van der Waals surface area contributed by atoms with Gasteiger partial charge in [-0.1, -0.05) is 133 Å². The Hall–Kier alpha value is -4.91. The molecule has 0 radical (unpaired) electrons. The summed E-state index contributed by atoms with van der Waals surface area (Å²) in [7, 11) is -3.00. The monoisotopic (exact) mass is 839 g/mol. The molecular weight excluding hydrogens is 774 g/mol. The van der Waals surface area contributed by atoms with E-state index in [1.807, 2.05) is 36.4 Å². The molecule has 1 saturated heterocycles. The van der Waals surface area contributed by atoms with Gasteiger partial charge in [-0.3, -0.25) is 5.32 Å². The van der Waals surface area contributed by atoms with Gasteiger partial charge in [0.25, 0.3) is 0 Å². The molecule has 5 N–H and O–H groups in total. The molecule has 4 aromatic rings. The van der Waals surface area contributed by atoms with Gasteiger partial charge in [0.2, 0.25) is 0 Å². The lowest BCUT2D eigenvalue weighted by atomic mass is 10.0. The van der Waals surface area contributed by atoms with E-state index in [0.29, 0.717) is 38.5 Å². The van der Waals surface area contributed by atoms with Crippen LogP contribution in [0.25, 0.3) is 0 Å². The number of rotatable bonds is 21. The van der Waals surface area contributed by atoms with E-state index in [9.17, 15) is 14.7 Å². The van der Waals surface area contributed by atoms with Crippen LogP contribution in [0.5, 0.6) is 11.5 Å². The number of aliphatic hydroxyl groups excluding tert-OH is 1. The maximum atomic E-state index is 15.7. The minimum absolute atomic E-state index is 0.0138. The Morgan fingerprint density at radius 2 is 1.48 bits per heavy atom. The molecule has 1 aliphatic rings. The van der Waals surface area contributed by atoms with E-state index in [1.54, 1.807) is 17.0 Å². The van der Waals surface area contributed by atoms with Gasteiger partial charge in [0.15, 0.2) is 5.82 Å². The summed E-state index contributed by atoms with van der Waals surface area (Å²) in [6, 6.07) is 32.7. The molecule has 0 spiro atoms. The molecule has 1 heterocycles. The number of ether oxygens (including phenoxy) is 1. The molecule has 4 aromatic carbocycles. The van der Waals surface area contributed by atoms with Crippen LogP contribution in [0.3, 0.4) is 0 Å². The molecule has 1 fully saturated rings. The number of imide groups is 1. The van der Waals surface area contributed by atoms with E-state index >= 15 is 4.39 Å². The van der Waals surface area contributed by atoms with Crippen molar-refractivity contribution in [3.63, 3.8) is 0 Å². The molecule has 0 saturated carbocycles. The fraction of sp³-hybridized carbons (Fsp3) is 0.458. The summed E-state index contributed by atoms with van der Waals surface area (Å²) >= 11 is 0. The standard InChI is InChI=1S/C48H66FN5O5Si/c1-5-6-7-8-9-16-30-51-46(56)53-47(57)54-32-28-39(29-33-54)52-38-23-21-37(22-24-38)27-31-50-35-40(55)36-58-41-25-26-45(44(49)34-41)59-60(48(2,3)4,42-17-12-10-13-18-42)43-19-14-11-15-20-43/h10-15,17-26,34,39-40,50,52,55H,5-9,16,27-33,35-36H2,1-4H3,(H2,51,53,56,57)/t40-/m0/s1. The second-order valence-electron chi connectivity index (χ2n) is 16.8. The Morgan fingerprint density at radius 3 is 2.10 bits per heavy atom. The van der Waals surface area contributed by atoms with Crippen molar-refractivity contribution in [2.24, 2.45) is 0 Å². The van der Waals surface area contributed by atoms with Crippen LogP contribution in [0.4, 0.5) is 19.7 Å². The average Bonchev–Trinajstić information content (AvgIpc) is 3.25. The zero-order chi connectivity index (χ0) is 42.8. The van der Waals surface area contributed by atoms with Gasteiger partial charge in [0.1, 0.15) is 24.2 Å². The number of piperidine rings is 1. The van der Waals surface area contributed by atoms with Gasteiger partial charge in [0.05, 0.1) is 0 Å². The number of aliphatic hydroxyl groups is 1. The Kier molecular flexibility index (Phi) is 17.8. The zero-order valence-corrected chi connectivity index (χ0v) is 37.0. The number of nitrogens with one attached hydrogen (secondary N) is 4. The van der Waals surface area contributed by atoms with Crippen molar-refractivity contribution in [3.05, 3.63) is 115 Å². The number of carbonyl (C=O) groups excluding carboxylic acids is 2.